The van der Waals surface area contributed by atoms with Crippen molar-refractivity contribution in [2.24, 2.45) is 18.9 Å². The second kappa shape index (κ2) is 4.69. The Labute approximate surface area is 91.9 Å². The molecule has 3 heteroatoms. The number of hydrogen-bond acceptors (Lipinski definition) is 2. The van der Waals surface area contributed by atoms with E-state index in [2.05, 4.69) is 17.2 Å². The van der Waals surface area contributed by atoms with Gasteiger partial charge in [0.2, 0.25) is 5.95 Å². The molecular weight excluding hydrogens is 186 g/mol. The molecule has 0 unspecified atom stereocenters. The van der Waals surface area contributed by atoms with Crippen LogP contribution in [0, 0.1) is 11.8 Å². The number of rotatable bonds is 3. The number of nitrogens with one attached hydrogen (secondary N) is 1. The molecule has 0 saturated heterocycles. The largest absolute Gasteiger partial charge is 0.355 e. The molecule has 84 valence electrons. The van der Waals surface area contributed by atoms with Gasteiger partial charge in [0.1, 0.15) is 0 Å². The van der Waals surface area contributed by atoms with Crippen LogP contribution in [0.2, 0.25) is 0 Å². The van der Waals surface area contributed by atoms with Crippen LogP contribution in [-0.2, 0) is 7.05 Å². The van der Waals surface area contributed by atoms with Crippen LogP contribution < -0.4 is 5.32 Å². The predicted octanol–water partition coefficient (Wildman–Crippen LogP) is 2.66. The van der Waals surface area contributed by atoms with Gasteiger partial charge in [-0.25, -0.2) is 4.98 Å². The third-order valence-electron chi connectivity index (χ3n) is 3.51. The van der Waals surface area contributed by atoms with E-state index in [1.165, 1.54) is 25.7 Å². The van der Waals surface area contributed by atoms with E-state index in [0.717, 1.165) is 24.3 Å². The first-order valence-corrected chi connectivity index (χ1v) is 5.97. The van der Waals surface area contributed by atoms with E-state index in [1.807, 2.05) is 24.0 Å². The number of aromatic nitrogens is 2. The standard InChI is InChI=1S/C12H21N3/c1-10-3-5-11(6-4-10)9-14-12-13-7-8-15(12)2/h7-8,10-11H,3-6,9H2,1-2H3,(H,13,14). The second-order valence-electron chi connectivity index (χ2n) is 4.87. The summed E-state index contributed by atoms with van der Waals surface area (Å²) in [6.45, 7) is 3.44. The quantitative estimate of drug-likeness (QED) is 0.825. The normalized spacial score (nSPS) is 26.5. The minimum Gasteiger partial charge on any atom is -0.355 e. The van der Waals surface area contributed by atoms with E-state index < -0.39 is 0 Å². The van der Waals surface area contributed by atoms with Gasteiger partial charge in [-0.15, -0.1) is 0 Å². The monoisotopic (exact) mass is 207 g/mol. The van der Waals surface area contributed by atoms with Crippen molar-refractivity contribution in [1.82, 2.24) is 9.55 Å². The second-order valence-corrected chi connectivity index (χ2v) is 4.87. The molecule has 1 aromatic rings. The van der Waals surface area contributed by atoms with Crippen LogP contribution in [0.1, 0.15) is 32.6 Å². The number of anilines is 1. The summed E-state index contributed by atoms with van der Waals surface area (Å²) in [5.41, 5.74) is 0. The molecule has 0 aromatic carbocycles. The van der Waals surface area contributed by atoms with Crippen LogP contribution in [0.4, 0.5) is 5.95 Å². The highest BCUT2D eigenvalue weighted by atomic mass is 15.2. The first kappa shape index (κ1) is 10.5. The Morgan fingerprint density at radius 1 is 1.40 bits per heavy atom. The molecule has 0 aliphatic heterocycles. The van der Waals surface area contributed by atoms with Crippen molar-refractivity contribution in [1.29, 1.82) is 0 Å². The van der Waals surface area contributed by atoms with Crippen LogP contribution in [0.15, 0.2) is 12.4 Å². The fourth-order valence-corrected chi connectivity index (χ4v) is 2.30. The van der Waals surface area contributed by atoms with Gasteiger partial charge in [-0.3, -0.25) is 0 Å². The van der Waals surface area contributed by atoms with Crippen LogP contribution in [0.5, 0.6) is 0 Å². The lowest BCUT2D eigenvalue weighted by molar-refractivity contribution is 0.300. The molecule has 0 bridgehead atoms. The highest BCUT2D eigenvalue weighted by Crippen LogP contribution is 2.28. The first-order valence-electron chi connectivity index (χ1n) is 5.97. The zero-order chi connectivity index (χ0) is 10.7. The summed E-state index contributed by atoms with van der Waals surface area (Å²) in [5, 5.41) is 3.43. The molecule has 0 atom stereocenters. The number of imidazole rings is 1. The van der Waals surface area contributed by atoms with Gasteiger partial charge in [0.25, 0.3) is 0 Å². The Morgan fingerprint density at radius 3 is 2.73 bits per heavy atom. The van der Waals surface area contributed by atoms with Crippen molar-refractivity contribution < 1.29 is 0 Å². The van der Waals surface area contributed by atoms with Crippen molar-refractivity contribution in [2.45, 2.75) is 32.6 Å². The third kappa shape index (κ3) is 2.74. The fourth-order valence-electron chi connectivity index (χ4n) is 2.30. The highest BCUT2D eigenvalue weighted by molar-refractivity contribution is 5.25. The zero-order valence-corrected chi connectivity index (χ0v) is 9.74. The van der Waals surface area contributed by atoms with Gasteiger partial charge in [-0.05, 0) is 24.7 Å². The van der Waals surface area contributed by atoms with Gasteiger partial charge < -0.3 is 9.88 Å². The van der Waals surface area contributed by atoms with Crippen LogP contribution >= 0.6 is 0 Å². The van der Waals surface area contributed by atoms with E-state index in [-0.39, 0.29) is 0 Å². The van der Waals surface area contributed by atoms with Crippen molar-refractivity contribution in [3.8, 4) is 0 Å². The van der Waals surface area contributed by atoms with E-state index in [1.54, 1.807) is 0 Å². The smallest absolute Gasteiger partial charge is 0.202 e. The van der Waals surface area contributed by atoms with E-state index in [4.69, 9.17) is 0 Å². The molecule has 1 aromatic heterocycles. The van der Waals surface area contributed by atoms with Crippen molar-refractivity contribution >= 4 is 5.95 Å². The molecule has 3 nitrogen and oxygen atoms in total. The Balaban J connectivity index is 1.77. The topological polar surface area (TPSA) is 29.9 Å². The Morgan fingerprint density at radius 2 is 2.13 bits per heavy atom. The Bertz CT molecular complexity index is 298. The van der Waals surface area contributed by atoms with Gasteiger partial charge in [0.05, 0.1) is 0 Å². The minimum absolute atomic E-state index is 0.845. The average molecular weight is 207 g/mol. The first-order chi connectivity index (χ1) is 7.25. The maximum atomic E-state index is 4.27. The van der Waals surface area contributed by atoms with Crippen molar-refractivity contribution in [3.05, 3.63) is 12.4 Å². The SMILES string of the molecule is CC1CCC(CNc2nccn2C)CC1. The summed E-state index contributed by atoms with van der Waals surface area (Å²) in [4.78, 5) is 4.27. The van der Waals surface area contributed by atoms with Crippen LogP contribution in [-0.4, -0.2) is 16.1 Å². The molecule has 1 saturated carbocycles. The molecule has 0 amide bonds. The van der Waals surface area contributed by atoms with Crippen LogP contribution in [0.3, 0.4) is 0 Å². The molecule has 1 heterocycles. The number of hydrogen-bond donors (Lipinski definition) is 1. The van der Waals surface area contributed by atoms with Crippen molar-refractivity contribution in [2.75, 3.05) is 11.9 Å². The molecule has 1 N–H and O–H groups in total. The summed E-state index contributed by atoms with van der Waals surface area (Å²) in [5.74, 6) is 2.78. The highest BCUT2D eigenvalue weighted by Gasteiger charge is 2.18. The summed E-state index contributed by atoms with van der Waals surface area (Å²) < 4.78 is 2.03. The maximum absolute atomic E-state index is 4.27. The lowest BCUT2D eigenvalue weighted by Crippen LogP contribution is -2.21. The van der Waals surface area contributed by atoms with Gasteiger partial charge >= 0.3 is 0 Å². The summed E-state index contributed by atoms with van der Waals surface area (Å²) in [7, 11) is 2.03. The van der Waals surface area contributed by atoms with E-state index in [0.29, 0.717) is 0 Å². The van der Waals surface area contributed by atoms with E-state index >= 15 is 0 Å². The molecule has 2 rings (SSSR count). The molecule has 0 spiro atoms. The zero-order valence-electron chi connectivity index (χ0n) is 9.74. The molecule has 1 fully saturated rings. The third-order valence-corrected chi connectivity index (χ3v) is 3.51. The van der Waals surface area contributed by atoms with Crippen molar-refractivity contribution in [3.63, 3.8) is 0 Å². The molecule has 1 aliphatic rings. The predicted molar refractivity (Wildman–Crippen MR) is 62.8 cm³/mol. The van der Waals surface area contributed by atoms with Crippen LogP contribution in [0.25, 0.3) is 0 Å². The molecule has 15 heavy (non-hydrogen) atoms. The lowest BCUT2D eigenvalue weighted by atomic mass is 9.83. The molecule has 1 aliphatic carbocycles. The number of nitrogens with zero attached hydrogens (tertiary/aromatic N) is 2. The van der Waals surface area contributed by atoms with Gasteiger partial charge in [0, 0.05) is 26.0 Å². The van der Waals surface area contributed by atoms with Gasteiger partial charge in [-0.2, -0.15) is 0 Å². The Hall–Kier alpha value is -0.990. The summed E-state index contributed by atoms with van der Waals surface area (Å²) in [6.07, 6.45) is 9.35. The number of aryl methyl sites for hydroxylation is 1. The minimum atomic E-state index is 0.845. The lowest BCUT2D eigenvalue weighted by Gasteiger charge is -2.26. The summed E-state index contributed by atoms with van der Waals surface area (Å²) >= 11 is 0. The average Bonchev–Trinajstić information content (AvgIpc) is 2.63. The van der Waals surface area contributed by atoms with Gasteiger partial charge in [-0.1, -0.05) is 19.8 Å². The molecular formula is C12H21N3. The van der Waals surface area contributed by atoms with E-state index in [9.17, 15) is 0 Å². The Kier molecular flexibility index (Phi) is 3.29. The maximum Gasteiger partial charge on any atom is 0.202 e. The summed E-state index contributed by atoms with van der Waals surface area (Å²) in [6, 6.07) is 0. The molecule has 0 radical (unpaired) electrons. The van der Waals surface area contributed by atoms with Gasteiger partial charge in [0.15, 0.2) is 0 Å². The fraction of sp³-hybridized carbons (Fsp3) is 0.750.